The van der Waals surface area contributed by atoms with Crippen LogP contribution in [0, 0.1) is 6.92 Å². The number of aryl methyl sites for hydroxylation is 1. The molecule has 0 aliphatic heterocycles. The van der Waals surface area contributed by atoms with Gasteiger partial charge in [0.05, 0.1) is 0 Å². The van der Waals surface area contributed by atoms with Crippen LogP contribution in [0.1, 0.15) is 29.7 Å². The van der Waals surface area contributed by atoms with Crippen molar-refractivity contribution in [1.29, 1.82) is 0 Å². The number of benzene rings is 1. The molecule has 1 amide bonds. The molecule has 1 heterocycles. The lowest BCUT2D eigenvalue weighted by Gasteiger charge is -2.15. The standard InChI is InChI=1S/C19H25BrN4OS.HI/c1-13-6-7-15(20)11-16(13)24-18(25)8-9-22-19(21-3)23-12-14(2)17-5-4-10-26-17;/h4-7,10-11,14H,8-9,12H2,1-3H3,(H,24,25)(H2,21,22,23);1H. The molecule has 0 radical (unpaired) electrons. The molecule has 0 spiro atoms. The third-order valence-corrected chi connectivity index (χ3v) is 5.54. The van der Waals surface area contributed by atoms with Crippen molar-refractivity contribution in [2.75, 3.05) is 25.5 Å². The molecule has 0 saturated heterocycles. The Morgan fingerprint density at radius 1 is 1.30 bits per heavy atom. The molecular weight excluding hydrogens is 539 g/mol. The second-order valence-electron chi connectivity index (χ2n) is 6.05. The van der Waals surface area contributed by atoms with E-state index in [0.29, 0.717) is 24.8 Å². The molecule has 0 aliphatic carbocycles. The van der Waals surface area contributed by atoms with Gasteiger partial charge in [0.2, 0.25) is 5.91 Å². The van der Waals surface area contributed by atoms with Crippen molar-refractivity contribution in [1.82, 2.24) is 10.6 Å². The van der Waals surface area contributed by atoms with E-state index in [-0.39, 0.29) is 29.9 Å². The number of carbonyl (C=O) groups excluding carboxylic acids is 1. The van der Waals surface area contributed by atoms with Crippen molar-refractivity contribution in [3.8, 4) is 0 Å². The van der Waals surface area contributed by atoms with Gasteiger partial charge in [0.25, 0.3) is 0 Å². The van der Waals surface area contributed by atoms with Crippen molar-refractivity contribution in [2.45, 2.75) is 26.2 Å². The van der Waals surface area contributed by atoms with Gasteiger partial charge in [-0.05, 0) is 36.1 Å². The number of aliphatic imine (C=N–C) groups is 1. The van der Waals surface area contributed by atoms with Gasteiger partial charge in [-0.2, -0.15) is 0 Å². The van der Waals surface area contributed by atoms with E-state index in [1.807, 2.05) is 25.1 Å². The number of hydrogen-bond donors (Lipinski definition) is 3. The Hall–Kier alpha value is -1.13. The molecule has 27 heavy (non-hydrogen) atoms. The van der Waals surface area contributed by atoms with Crippen LogP contribution in [0.4, 0.5) is 5.69 Å². The van der Waals surface area contributed by atoms with Crippen LogP contribution in [0.15, 0.2) is 45.2 Å². The molecule has 3 N–H and O–H groups in total. The fourth-order valence-electron chi connectivity index (χ4n) is 2.38. The van der Waals surface area contributed by atoms with Crippen molar-refractivity contribution in [3.05, 3.63) is 50.6 Å². The molecule has 2 rings (SSSR count). The summed E-state index contributed by atoms with van der Waals surface area (Å²) in [4.78, 5) is 17.7. The fraction of sp³-hybridized carbons (Fsp3) is 0.368. The van der Waals surface area contributed by atoms with E-state index in [1.165, 1.54) is 4.88 Å². The van der Waals surface area contributed by atoms with Crippen LogP contribution in [-0.4, -0.2) is 32.0 Å². The predicted octanol–water partition coefficient (Wildman–Crippen LogP) is 4.73. The number of amides is 1. The number of guanidine groups is 1. The van der Waals surface area contributed by atoms with Crippen molar-refractivity contribution in [2.24, 2.45) is 4.99 Å². The van der Waals surface area contributed by atoms with Gasteiger partial charge < -0.3 is 16.0 Å². The molecule has 8 heteroatoms. The highest BCUT2D eigenvalue weighted by Gasteiger charge is 2.09. The van der Waals surface area contributed by atoms with Crippen LogP contribution in [-0.2, 0) is 4.79 Å². The summed E-state index contributed by atoms with van der Waals surface area (Å²) in [5.74, 6) is 1.09. The van der Waals surface area contributed by atoms with Crippen molar-refractivity contribution >= 4 is 68.8 Å². The topological polar surface area (TPSA) is 65.5 Å². The van der Waals surface area contributed by atoms with Gasteiger partial charge in [0, 0.05) is 47.5 Å². The monoisotopic (exact) mass is 564 g/mol. The number of carbonyl (C=O) groups is 1. The Morgan fingerprint density at radius 3 is 2.74 bits per heavy atom. The lowest BCUT2D eigenvalue weighted by molar-refractivity contribution is -0.116. The van der Waals surface area contributed by atoms with E-state index in [0.717, 1.165) is 22.3 Å². The zero-order valence-corrected chi connectivity index (χ0v) is 20.4. The summed E-state index contributed by atoms with van der Waals surface area (Å²) in [6, 6.07) is 10.0. The maximum atomic E-state index is 12.1. The van der Waals surface area contributed by atoms with Crippen LogP contribution in [0.5, 0.6) is 0 Å². The highest BCUT2D eigenvalue weighted by Crippen LogP contribution is 2.21. The fourth-order valence-corrected chi connectivity index (χ4v) is 3.53. The Bertz CT molecular complexity index is 752. The number of anilines is 1. The maximum Gasteiger partial charge on any atom is 0.226 e. The van der Waals surface area contributed by atoms with Gasteiger partial charge in [-0.15, -0.1) is 35.3 Å². The Morgan fingerprint density at radius 2 is 2.07 bits per heavy atom. The van der Waals surface area contributed by atoms with Crippen LogP contribution in [0.25, 0.3) is 0 Å². The SMILES string of the molecule is CN=C(NCCC(=O)Nc1cc(Br)ccc1C)NCC(C)c1cccs1.I. The molecule has 1 atom stereocenters. The molecule has 1 unspecified atom stereocenters. The average Bonchev–Trinajstić information content (AvgIpc) is 3.15. The summed E-state index contributed by atoms with van der Waals surface area (Å²) in [7, 11) is 1.73. The zero-order chi connectivity index (χ0) is 18.9. The van der Waals surface area contributed by atoms with Gasteiger partial charge in [-0.3, -0.25) is 9.79 Å². The Kier molecular flexibility index (Phi) is 10.9. The summed E-state index contributed by atoms with van der Waals surface area (Å²) in [6.07, 6.45) is 0.368. The summed E-state index contributed by atoms with van der Waals surface area (Å²) in [5, 5.41) is 11.5. The molecule has 148 valence electrons. The number of nitrogens with one attached hydrogen (secondary N) is 3. The van der Waals surface area contributed by atoms with Crippen LogP contribution in [0.3, 0.4) is 0 Å². The van der Waals surface area contributed by atoms with Crippen LogP contribution in [0.2, 0.25) is 0 Å². The van der Waals surface area contributed by atoms with Gasteiger partial charge in [0.1, 0.15) is 0 Å². The largest absolute Gasteiger partial charge is 0.356 e. The second kappa shape index (κ2) is 12.4. The number of nitrogens with zero attached hydrogens (tertiary/aromatic N) is 1. The number of halogens is 2. The minimum atomic E-state index is -0.0268. The van der Waals surface area contributed by atoms with E-state index in [4.69, 9.17) is 0 Å². The average molecular weight is 565 g/mol. The lowest BCUT2D eigenvalue weighted by atomic mass is 10.1. The lowest BCUT2D eigenvalue weighted by Crippen LogP contribution is -2.40. The molecule has 5 nitrogen and oxygen atoms in total. The third-order valence-electron chi connectivity index (χ3n) is 3.95. The minimum Gasteiger partial charge on any atom is -0.356 e. The first-order valence-corrected chi connectivity index (χ1v) is 10.2. The molecule has 0 saturated carbocycles. The number of thiophene rings is 1. The highest BCUT2D eigenvalue weighted by atomic mass is 127. The first-order chi connectivity index (χ1) is 12.5. The summed E-state index contributed by atoms with van der Waals surface area (Å²) < 4.78 is 0.945. The zero-order valence-electron chi connectivity index (χ0n) is 15.7. The molecule has 1 aromatic carbocycles. The van der Waals surface area contributed by atoms with Gasteiger partial charge in [-0.25, -0.2) is 0 Å². The predicted molar refractivity (Wildman–Crippen MR) is 130 cm³/mol. The first-order valence-electron chi connectivity index (χ1n) is 8.53. The summed E-state index contributed by atoms with van der Waals surface area (Å²) in [6.45, 7) is 5.47. The van der Waals surface area contributed by atoms with Crippen LogP contribution >= 0.6 is 51.2 Å². The summed E-state index contributed by atoms with van der Waals surface area (Å²) in [5.41, 5.74) is 1.87. The Balaban J connectivity index is 0.00000364. The molecular formula is C19H26BrIN4OS. The molecule has 2 aromatic rings. The highest BCUT2D eigenvalue weighted by molar-refractivity contribution is 14.0. The van der Waals surface area contributed by atoms with Crippen molar-refractivity contribution in [3.63, 3.8) is 0 Å². The van der Waals surface area contributed by atoms with E-state index in [1.54, 1.807) is 18.4 Å². The quantitative estimate of drug-likeness (QED) is 0.259. The third kappa shape index (κ3) is 8.18. The Labute approximate surface area is 190 Å². The van der Waals surface area contributed by atoms with E-state index in [2.05, 4.69) is 61.3 Å². The number of hydrogen-bond acceptors (Lipinski definition) is 3. The van der Waals surface area contributed by atoms with E-state index >= 15 is 0 Å². The number of rotatable bonds is 7. The van der Waals surface area contributed by atoms with Gasteiger partial charge in [0.15, 0.2) is 5.96 Å². The van der Waals surface area contributed by atoms with Crippen LogP contribution < -0.4 is 16.0 Å². The first kappa shape index (κ1) is 23.9. The van der Waals surface area contributed by atoms with E-state index in [9.17, 15) is 4.79 Å². The second-order valence-corrected chi connectivity index (χ2v) is 7.95. The molecule has 1 aromatic heterocycles. The van der Waals surface area contributed by atoms with E-state index < -0.39 is 0 Å². The molecule has 0 bridgehead atoms. The summed E-state index contributed by atoms with van der Waals surface area (Å²) >= 11 is 5.18. The minimum absolute atomic E-state index is 0. The van der Waals surface area contributed by atoms with Crippen molar-refractivity contribution < 1.29 is 4.79 Å². The normalized spacial score (nSPS) is 12.1. The molecule has 0 aliphatic rings. The van der Waals surface area contributed by atoms with Gasteiger partial charge >= 0.3 is 0 Å². The molecule has 0 fully saturated rings. The van der Waals surface area contributed by atoms with Gasteiger partial charge in [-0.1, -0.05) is 35.0 Å². The smallest absolute Gasteiger partial charge is 0.226 e. The maximum absolute atomic E-state index is 12.1.